The molecule has 0 saturated carbocycles. The van der Waals surface area contributed by atoms with Crippen LogP contribution in [-0.2, 0) is 9.53 Å². The minimum absolute atomic E-state index is 0.0806. The van der Waals surface area contributed by atoms with Gasteiger partial charge in [-0.1, -0.05) is 0 Å². The van der Waals surface area contributed by atoms with Gasteiger partial charge in [-0.15, -0.1) is 0 Å². The zero-order valence-electron chi connectivity index (χ0n) is 9.80. The second-order valence-corrected chi connectivity index (χ2v) is 5.27. The van der Waals surface area contributed by atoms with Gasteiger partial charge in [-0.3, -0.25) is 4.79 Å². The van der Waals surface area contributed by atoms with E-state index in [-0.39, 0.29) is 12.4 Å². The van der Waals surface area contributed by atoms with Gasteiger partial charge in [0.05, 0.1) is 12.0 Å². The van der Waals surface area contributed by atoms with Crippen molar-refractivity contribution in [1.82, 2.24) is 5.32 Å². The van der Waals surface area contributed by atoms with Crippen LogP contribution >= 0.6 is 0 Å². The van der Waals surface area contributed by atoms with Crippen LogP contribution in [0.2, 0.25) is 0 Å². The summed E-state index contributed by atoms with van der Waals surface area (Å²) in [5.74, 6) is -0.325. The van der Waals surface area contributed by atoms with E-state index in [0.29, 0.717) is 13.0 Å². The van der Waals surface area contributed by atoms with Crippen LogP contribution in [0, 0.1) is 0 Å². The first kappa shape index (κ1) is 12.5. The molecule has 1 atom stereocenters. The first-order valence-corrected chi connectivity index (χ1v) is 5.46. The summed E-state index contributed by atoms with van der Waals surface area (Å²) in [4.78, 5) is 11.5. The van der Waals surface area contributed by atoms with Gasteiger partial charge >= 0.3 is 5.97 Å². The van der Waals surface area contributed by atoms with E-state index in [2.05, 4.69) is 5.32 Å². The smallest absolute Gasteiger partial charge is 0.309 e. The minimum atomic E-state index is -0.916. The van der Waals surface area contributed by atoms with E-state index in [1.165, 1.54) is 0 Å². The molecule has 1 rings (SSSR count). The molecule has 0 aliphatic carbocycles. The highest BCUT2D eigenvalue weighted by Gasteiger charge is 2.33. The largest absolute Gasteiger partial charge is 0.460 e. The van der Waals surface area contributed by atoms with E-state index in [1.54, 1.807) is 0 Å². The normalized spacial score (nSPS) is 27.5. The van der Waals surface area contributed by atoms with Crippen LogP contribution in [0.1, 0.15) is 40.0 Å². The van der Waals surface area contributed by atoms with Crippen molar-refractivity contribution >= 4 is 5.97 Å². The fraction of sp³-hybridized carbons (Fsp3) is 0.909. The molecule has 0 aromatic heterocycles. The maximum absolute atomic E-state index is 11.5. The molecule has 0 amide bonds. The summed E-state index contributed by atoms with van der Waals surface area (Å²) < 4.78 is 5.18. The molecular formula is C11H21NO3. The molecule has 1 saturated heterocycles. The SMILES string of the molecule is CC(C)(C)OC(=O)CC1(O)CCCNC1. The molecule has 1 aliphatic rings. The first-order chi connectivity index (χ1) is 6.81. The standard InChI is InChI=1S/C11H21NO3/c1-10(2,3)15-9(13)7-11(14)5-4-6-12-8-11/h12,14H,4-8H2,1-3H3. The Labute approximate surface area is 91.0 Å². The summed E-state index contributed by atoms with van der Waals surface area (Å²) in [6.07, 6.45) is 1.65. The quantitative estimate of drug-likeness (QED) is 0.670. The Bertz CT molecular complexity index is 226. The Morgan fingerprint density at radius 1 is 1.53 bits per heavy atom. The Morgan fingerprint density at radius 3 is 2.67 bits per heavy atom. The van der Waals surface area contributed by atoms with Crippen molar-refractivity contribution in [3.8, 4) is 0 Å². The number of nitrogens with one attached hydrogen (secondary N) is 1. The second-order valence-electron chi connectivity index (χ2n) is 5.27. The molecule has 88 valence electrons. The number of rotatable bonds is 2. The Balaban J connectivity index is 2.42. The van der Waals surface area contributed by atoms with Gasteiger partial charge < -0.3 is 15.2 Å². The number of esters is 1. The number of carbonyl (C=O) groups is 1. The third kappa shape index (κ3) is 4.62. The van der Waals surface area contributed by atoms with Gasteiger partial charge in [0.2, 0.25) is 0 Å². The van der Waals surface area contributed by atoms with E-state index in [0.717, 1.165) is 13.0 Å². The molecular weight excluding hydrogens is 194 g/mol. The summed E-state index contributed by atoms with van der Waals surface area (Å²) >= 11 is 0. The zero-order valence-corrected chi connectivity index (χ0v) is 9.80. The van der Waals surface area contributed by atoms with Gasteiger partial charge in [0.15, 0.2) is 0 Å². The maximum Gasteiger partial charge on any atom is 0.309 e. The fourth-order valence-corrected chi connectivity index (χ4v) is 1.75. The van der Waals surface area contributed by atoms with E-state index >= 15 is 0 Å². The van der Waals surface area contributed by atoms with Crippen molar-refractivity contribution in [2.45, 2.75) is 51.2 Å². The van der Waals surface area contributed by atoms with Crippen LogP contribution in [0.4, 0.5) is 0 Å². The molecule has 2 N–H and O–H groups in total. The van der Waals surface area contributed by atoms with Crippen molar-refractivity contribution in [3.05, 3.63) is 0 Å². The van der Waals surface area contributed by atoms with Crippen molar-refractivity contribution in [2.75, 3.05) is 13.1 Å². The lowest BCUT2D eigenvalue weighted by atomic mass is 9.91. The molecule has 0 aromatic carbocycles. The molecule has 0 aromatic rings. The minimum Gasteiger partial charge on any atom is -0.460 e. The molecule has 0 spiro atoms. The van der Waals surface area contributed by atoms with Crippen LogP contribution in [0.5, 0.6) is 0 Å². The van der Waals surface area contributed by atoms with Crippen molar-refractivity contribution in [3.63, 3.8) is 0 Å². The van der Waals surface area contributed by atoms with E-state index in [1.807, 2.05) is 20.8 Å². The number of carbonyl (C=O) groups excluding carboxylic acids is 1. The highest BCUT2D eigenvalue weighted by molar-refractivity contribution is 5.71. The van der Waals surface area contributed by atoms with E-state index in [9.17, 15) is 9.90 Å². The van der Waals surface area contributed by atoms with Crippen molar-refractivity contribution in [2.24, 2.45) is 0 Å². The van der Waals surface area contributed by atoms with Crippen LogP contribution < -0.4 is 5.32 Å². The molecule has 4 heteroatoms. The molecule has 0 bridgehead atoms. The second kappa shape index (κ2) is 4.49. The molecule has 0 radical (unpaired) electrons. The van der Waals surface area contributed by atoms with Gasteiger partial charge in [0.1, 0.15) is 5.60 Å². The topological polar surface area (TPSA) is 58.6 Å². The number of ether oxygens (including phenoxy) is 1. The fourth-order valence-electron chi connectivity index (χ4n) is 1.75. The molecule has 1 fully saturated rings. The molecule has 4 nitrogen and oxygen atoms in total. The lowest BCUT2D eigenvalue weighted by Gasteiger charge is -2.32. The zero-order chi connectivity index (χ0) is 11.5. The Hall–Kier alpha value is -0.610. The maximum atomic E-state index is 11.5. The third-order valence-electron chi connectivity index (χ3n) is 2.34. The lowest BCUT2D eigenvalue weighted by molar-refractivity contribution is -0.161. The molecule has 1 unspecified atom stereocenters. The summed E-state index contributed by atoms with van der Waals surface area (Å²) in [5.41, 5.74) is -1.39. The van der Waals surface area contributed by atoms with Crippen LogP contribution in [0.3, 0.4) is 0 Å². The summed E-state index contributed by atoms with van der Waals surface area (Å²) in [6, 6.07) is 0. The molecule has 15 heavy (non-hydrogen) atoms. The number of aliphatic hydroxyl groups is 1. The van der Waals surface area contributed by atoms with Gasteiger partial charge in [-0.2, -0.15) is 0 Å². The predicted octanol–water partition coefficient (Wildman–Crippen LogP) is 0.833. The van der Waals surface area contributed by atoms with Crippen LogP contribution in [0.15, 0.2) is 0 Å². The summed E-state index contributed by atoms with van der Waals surface area (Å²) in [7, 11) is 0. The monoisotopic (exact) mass is 215 g/mol. The summed E-state index contributed by atoms with van der Waals surface area (Å²) in [5, 5.41) is 13.2. The Kier molecular flexibility index (Phi) is 3.73. The number of hydrogen-bond donors (Lipinski definition) is 2. The highest BCUT2D eigenvalue weighted by Crippen LogP contribution is 2.21. The van der Waals surface area contributed by atoms with Gasteiger partial charge in [0.25, 0.3) is 0 Å². The first-order valence-electron chi connectivity index (χ1n) is 5.46. The van der Waals surface area contributed by atoms with E-state index < -0.39 is 11.2 Å². The summed E-state index contributed by atoms with van der Waals surface area (Å²) in [6.45, 7) is 6.87. The van der Waals surface area contributed by atoms with E-state index in [4.69, 9.17) is 4.74 Å². The number of hydrogen-bond acceptors (Lipinski definition) is 4. The van der Waals surface area contributed by atoms with Crippen molar-refractivity contribution in [1.29, 1.82) is 0 Å². The Morgan fingerprint density at radius 2 is 2.20 bits per heavy atom. The lowest BCUT2D eigenvalue weighted by Crippen LogP contribution is -2.47. The average molecular weight is 215 g/mol. The van der Waals surface area contributed by atoms with Crippen molar-refractivity contribution < 1.29 is 14.6 Å². The van der Waals surface area contributed by atoms with Gasteiger partial charge in [0, 0.05) is 6.54 Å². The molecule has 1 heterocycles. The number of piperidine rings is 1. The number of β-amino-alcohol motifs (C(OH)–C–C–N with tert-alkyl or cyclic N) is 1. The molecule has 1 aliphatic heterocycles. The van der Waals surface area contributed by atoms with Gasteiger partial charge in [-0.25, -0.2) is 0 Å². The third-order valence-corrected chi connectivity index (χ3v) is 2.34. The van der Waals surface area contributed by atoms with Crippen LogP contribution in [0.25, 0.3) is 0 Å². The predicted molar refractivity (Wildman–Crippen MR) is 57.5 cm³/mol. The van der Waals surface area contributed by atoms with Gasteiger partial charge in [-0.05, 0) is 40.2 Å². The average Bonchev–Trinajstić information content (AvgIpc) is 1.99. The van der Waals surface area contributed by atoms with Crippen LogP contribution in [-0.4, -0.2) is 35.4 Å². The highest BCUT2D eigenvalue weighted by atomic mass is 16.6.